The van der Waals surface area contributed by atoms with Crippen LogP contribution in [0.15, 0.2) is 184 Å². The molecule has 0 radical (unpaired) electrons. The maximum atomic E-state index is 6.29. The Bertz CT molecular complexity index is 4660. The number of aromatic nitrogens is 12. The summed E-state index contributed by atoms with van der Waals surface area (Å²) in [5.74, 6) is 11.0. The van der Waals surface area contributed by atoms with Crippen molar-refractivity contribution in [1.82, 2.24) is 75.3 Å². The molecule has 12 aromatic rings. The van der Waals surface area contributed by atoms with Crippen LogP contribution in [0.25, 0.3) is 32.7 Å². The minimum absolute atomic E-state index is 0.508. The zero-order valence-corrected chi connectivity index (χ0v) is 67.5. The molecule has 2 atom stereocenters. The van der Waals surface area contributed by atoms with Crippen LogP contribution in [0.1, 0.15) is 65.5 Å². The Morgan fingerprint density at radius 3 is 0.991 bits per heavy atom. The second-order valence-electron chi connectivity index (χ2n) is 31.0. The molecule has 27 nitrogen and oxygen atoms in total. The highest BCUT2D eigenvalue weighted by Crippen LogP contribution is 2.40. The van der Waals surface area contributed by atoms with E-state index in [0.29, 0.717) is 54.8 Å². The molecule has 2 unspecified atom stereocenters. The van der Waals surface area contributed by atoms with E-state index in [1.807, 2.05) is 91.8 Å². The number of methoxy groups -OCH3 is 3. The Hall–Kier alpha value is -11.9. The Kier molecular flexibility index (Phi) is 26.1. The molecular weight excluding hydrogens is 1470 g/mol. The number of piperazine rings is 3. The van der Waals surface area contributed by atoms with Gasteiger partial charge in [-0.25, -0.2) is 59.8 Å². The molecule has 117 heavy (non-hydrogen) atoms. The summed E-state index contributed by atoms with van der Waals surface area (Å²) in [4.78, 5) is 71.7. The molecule has 2 N–H and O–H groups in total. The van der Waals surface area contributed by atoms with Gasteiger partial charge in [0.1, 0.15) is 36.4 Å². The second-order valence-corrected chi connectivity index (χ2v) is 31.0. The second kappa shape index (κ2) is 38.7. The van der Waals surface area contributed by atoms with Crippen LogP contribution in [0, 0.1) is 17.8 Å². The number of fused-ring (bicyclic) bond motifs is 3. The fourth-order valence-electron chi connectivity index (χ4n) is 16.3. The molecule has 6 aliphatic heterocycles. The van der Waals surface area contributed by atoms with Crippen LogP contribution in [0.2, 0.25) is 0 Å². The average molecular weight is 1580 g/mol. The van der Waals surface area contributed by atoms with Gasteiger partial charge in [0.15, 0.2) is 34.5 Å². The highest BCUT2D eigenvalue weighted by molar-refractivity contribution is 5.94. The van der Waals surface area contributed by atoms with Gasteiger partial charge in [0.05, 0.1) is 57.7 Å². The van der Waals surface area contributed by atoms with E-state index < -0.39 is 0 Å². The van der Waals surface area contributed by atoms with Crippen LogP contribution in [-0.4, -0.2) is 231 Å². The monoisotopic (exact) mass is 1580 g/mol. The summed E-state index contributed by atoms with van der Waals surface area (Å²) < 4.78 is 35.8. The highest BCUT2D eigenvalue weighted by atomic mass is 16.5. The van der Waals surface area contributed by atoms with Gasteiger partial charge in [0, 0.05) is 194 Å². The quantitative estimate of drug-likeness (QED) is 0.0570. The maximum absolute atomic E-state index is 6.29. The van der Waals surface area contributed by atoms with Crippen molar-refractivity contribution in [1.29, 1.82) is 0 Å². The van der Waals surface area contributed by atoms with Crippen LogP contribution >= 0.6 is 0 Å². The summed E-state index contributed by atoms with van der Waals surface area (Å²) in [7, 11) is 7.19. The molecule has 6 aromatic heterocycles. The van der Waals surface area contributed by atoms with Gasteiger partial charge in [-0.1, -0.05) is 91.0 Å². The van der Waals surface area contributed by atoms with Crippen molar-refractivity contribution >= 4 is 68.0 Å². The summed E-state index contributed by atoms with van der Waals surface area (Å²) in [6, 6.07) is 43.2. The number of likely N-dealkylation sites (tertiary alicyclic amines) is 1. The SMILES string of the molecule is COc1cc2ncnc(N3CCN(c4ncc(Cc5ccccc5)cn4)CC3)c2cc1OCC1CCCNC1.COc1cc2ncnc(N3CCN(c4ncc(Cc5ccccc5)cn4)CC3)c2cc1OCC1CCN(C)C1.COc1cc2ncnc(N3CCN(c4ncc(Cc5ccccc5)cn4)CC3)c2cc1OCC1CCNCC1. The first-order chi connectivity index (χ1) is 57.7. The first-order valence-electron chi connectivity index (χ1n) is 41.2. The molecule has 0 amide bonds. The summed E-state index contributed by atoms with van der Waals surface area (Å²) in [6.07, 6.45) is 24.9. The predicted octanol–water partition coefficient (Wildman–Crippen LogP) is 11.1. The van der Waals surface area contributed by atoms with Crippen molar-refractivity contribution in [3.63, 3.8) is 0 Å². The van der Waals surface area contributed by atoms with Gasteiger partial charge in [-0.05, 0) is 123 Å². The first kappa shape index (κ1) is 78.9. The molecule has 0 saturated carbocycles. The summed E-state index contributed by atoms with van der Waals surface area (Å²) in [6.45, 7) is 18.2. The maximum Gasteiger partial charge on any atom is 0.225 e. The van der Waals surface area contributed by atoms with Crippen LogP contribution in [0.4, 0.5) is 35.3 Å². The molecule has 6 aromatic carbocycles. The number of rotatable bonds is 24. The highest BCUT2D eigenvalue weighted by Gasteiger charge is 2.29. The Morgan fingerprint density at radius 1 is 0.325 bits per heavy atom. The third kappa shape index (κ3) is 20.1. The van der Waals surface area contributed by atoms with E-state index in [0.717, 1.165) is 258 Å². The van der Waals surface area contributed by atoms with Crippen LogP contribution < -0.4 is 68.5 Å². The molecule has 606 valence electrons. The smallest absolute Gasteiger partial charge is 0.225 e. The van der Waals surface area contributed by atoms with E-state index in [2.05, 4.69) is 185 Å². The van der Waals surface area contributed by atoms with E-state index in [-0.39, 0.29) is 0 Å². The molecule has 0 aliphatic carbocycles. The van der Waals surface area contributed by atoms with Gasteiger partial charge < -0.3 is 73.4 Å². The van der Waals surface area contributed by atoms with Gasteiger partial charge in [-0.15, -0.1) is 0 Å². The zero-order chi connectivity index (χ0) is 79.5. The molecule has 6 aliphatic rings. The van der Waals surface area contributed by atoms with Crippen molar-refractivity contribution in [2.75, 3.05) is 195 Å². The lowest BCUT2D eigenvalue weighted by atomic mass is 9.99. The summed E-state index contributed by atoms with van der Waals surface area (Å²) >= 11 is 0. The molecule has 0 spiro atoms. The Morgan fingerprint density at radius 2 is 0.667 bits per heavy atom. The van der Waals surface area contributed by atoms with E-state index in [1.165, 1.54) is 29.5 Å². The number of ether oxygens (including phenoxy) is 6. The van der Waals surface area contributed by atoms with Crippen LogP contribution in [0.5, 0.6) is 34.5 Å². The topological polar surface area (TPSA) is 257 Å². The fraction of sp³-hybridized carbons (Fsp3) is 0.400. The van der Waals surface area contributed by atoms with Gasteiger partial charge in [-0.2, -0.15) is 0 Å². The largest absolute Gasteiger partial charge is 0.493 e. The minimum Gasteiger partial charge on any atom is -0.493 e. The third-order valence-corrected chi connectivity index (χ3v) is 22.9. The van der Waals surface area contributed by atoms with Crippen molar-refractivity contribution in [2.45, 2.75) is 51.4 Å². The standard InChI is InChI=1S/3C30H35N7O2/c1-35-9-8-23(19-35)20-39-28-15-25-26(16-27(28)38-2)33-21-34-29(25)36-10-12-37(13-11-36)30-31-17-24(18-32-30)14-22-6-4-3-5-7-22;1-38-27-16-26-25(15-28(27)39-20-23-8-5-9-31-17-23)29(35-21-34-26)36-10-12-37(13-11-36)30-32-18-24(19-33-30)14-22-6-3-2-4-7-22;1-38-27-17-26-25(16-28(27)39-20-23-7-9-31-10-8-23)29(35-21-34-26)36-11-13-37(14-12-36)30-32-18-24(19-33-30)15-22-5-3-2-4-6-22/h3-7,15-18,21,23H,8-14,19-20H2,1-2H3;2-4,6-7,15-16,18-19,21,23,31H,5,8-14,17,20H2,1H3;2-6,16-19,21,23,31H,7-15,20H2,1H3. The van der Waals surface area contributed by atoms with Gasteiger partial charge >= 0.3 is 0 Å². The molecule has 27 heteroatoms. The number of nitrogens with zero attached hydrogens (tertiary/aromatic N) is 19. The zero-order valence-electron chi connectivity index (χ0n) is 67.5. The lowest BCUT2D eigenvalue weighted by Crippen LogP contribution is -2.47. The van der Waals surface area contributed by atoms with Crippen LogP contribution in [0.3, 0.4) is 0 Å². The van der Waals surface area contributed by atoms with Crippen molar-refractivity contribution in [2.24, 2.45) is 17.8 Å². The van der Waals surface area contributed by atoms with E-state index >= 15 is 0 Å². The average Bonchev–Trinajstić information content (AvgIpc) is 0.802. The first-order valence-corrected chi connectivity index (χ1v) is 41.2. The molecular formula is C90H105N21O6. The fourth-order valence-corrected chi connectivity index (χ4v) is 16.3. The number of hydrogen-bond donors (Lipinski definition) is 2. The number of piperidine rings is 2. The predicted molar refractivity (Wildman–Crippen MR) is 459 cm³/mol. The number of anilines is 6. The summed E-state index contributed by atoms with van der Waals surface area (Å²) in [5.41, 5.74) is 9.68. The van der Waals surface area contributed by atoms with E-state index in [4.69, 9.17) is 28.4 Å². The Labute approximate surface area is 684 Å². The number of hydrogen-bond acceptors (Lipinski definition) is 27. The van der Waals surface area contributed by atoms with Gasteiger partial charge in [0.25, 0.3) is 0 Å². The molecule has 6 saturated heterocycles. The van der Waals surface area contributed by atoms with E-state index in [1.54, 1.807) is 40.3 Å². The molecule has 18 rings (SSSR count). The molecule has 0 bridgehead atoms. The normalized spacial score (nSPS) is 17.4. The number of nitrogens with one attached hydrogen (secondary N) is 2. The Balaban J connectivity index is 0.000000131. The van der Waals surface area contributed by atoms with Crippen molar-refractivity contribution < 1.29 is 28.4 Å². The number of benzene rings is 6. The van der Waals surface area contributed by atoms with E-state index in [9.17, 15) is 0 Å². The molecule has 6 fully saturated rings. The minimum atomic E-state index is 0.508. The van der Waals surface area contributed by atoms with Gasteiger partial charge in [0.2, 0.25) is 17.8 Å². The van der Waals surface area contributed by atoms with Crippen LogP contribution in [-0.2, 0) is 19.3 Å². The summed E-state index contributed by atoms with van der Waals surface area (Å²) in [5, 5.41) is 9.81. The van der Waals surface area contributed by atoms with Gasteiger partial charge in [-0.3, -0.25) is 0 Å². The lowest BCUT2D eigenvalue weighted by molar-refractivity contribution is 0.208. The molecule has 12 heterocycles. The third-order valence-electron chi connectivity index (χ3n) is 22.9. The van der Waals surface area contributed by atoms with Crippen molar-refractivity contribution in [3.05, 3.63) is 217 Å². The van der Waals surface area contributed by atoms with Crippen molar-refractivity contribution in [3.8, 4) is 34.5 Å². The lowest BCUT2D eigenvalue weighted by Gasteiger charge is -2.35.